The van der Waals surface area contributed by atoms with Gasteiger partial charge in [0.15, 0.2) is 0 Å². The number of urea groups is 1. The Bertz CT molecular complexity index is 648. The molecular weight excluding hydrogens is 297 g/mol. The summed E-state index contributed by atoms with van der Waals surface area (Å²) in [7, 11) is 0. The Labute approximate surface area is 134 Å². The van der Waals surface area contributed by atoms with Crippen molar-refractivity contribution in [1.29, 1.82) is 0 Å². The molecule has 1 aromatic carbocycles. The quantitative estimate of drug-likeness (QED) is 0.858. The second-order valence-electron chi connectivity index (χ2n) is 5.26. The molecule has 6 heteroatoms. The van der Waals surface area contributed by atoms with E-state index in [1.807, 2.05) is 32.0 Å². The van der Waals surface area contributed by atoms with Crippen LogP contribution in [0.3, 0.4) is 0 Å². The third-order valence-electron chi connectivity index (χ3n) is 2.95. The summed E-state index contributed by atoms with van der Waals surface area (Å²) in [6.07, 6.45) is 2.25. The summed E-state index contributed by atoms with van der Waals surface area (Å²) in [6, 6.07) is 9.23. The van der Waals surface area contributed by atoms with Gasteiger partial charge in [-0.25, -0.2) is 9.18 Å². The van der Waals surface area contributed by atoms with Crippen LogP contribution < -0.4 is 15.4 Å². The van der Waals surface area contributed by atoms with Crippen molar-refractivity contribution in [2.45, 2.75) is 26.4 Å². The molecule has 0 saturated carbocycles. The fourth-order valence-corrected chi connectivity index (χ4v) is 1.97. The van der Waals surface area contributed by atoms with Crippen LogP contribution in [0.1, 0.15) is 19.5 Å². The number of rotatable bonds is 6. The summed E-state index contributed by atoms with van der Waals surface area (Å²) in [6.45, 7) is 4.15. The van der Waals surface area contributed by atoms with Gasteiger partial charge >= 0.3 is 6.03 Å². The van der Waals surface area contributed by atoms with Gasteiger partial charge in [-0.05, 0) is 38.1 Å². The number of hydrogen-bond donors (Lipinski definition) is 2. The fourth-order valence-electron chi connectivity index (χ4n) is 1.97. The molecule has 0 bridgehead atoms. The first-order chi connectivity index (χ1) is 11.0. The van der Waals surface area contributed by atoms with Gasteiger partial charge in [0.05, 0.1) is 11.8 Å². The van der Waals surface area contributed by atoms with E-state index in [0.717, 1.165) is 5.69 Å². The predicted molar refractivity (Wildman–Crippen MR) is 87.1 cm³/mol. The first-order valence-corrected chi connectivity index (χ1v) is 7.45. The molecule has 0 unspecified atom stereocenters. The van der Waals surface area contributed by atoms with Gasteiger partial charge in [0.1, 0.15) is 11.6 Å². The van der Waals surface area contributed by atoms with Crippen molar-refractivity contribution in [2.24, 2.45) is 0 Å². The van der Waals surface area contributed by atoms with Gasteiger partial charge in [-0.2, -0.15) is 0 Å². The van der Waals surface area contributed by atoms with Crippen LogP contribution in [0.15, 0.2) is 42.6 Å². The Balaban J connectivity index is 1.90. The summed E-state index contributed by atoms with van der Waals surface area (Å²) in [5, 5.41) is 5.32. The zero-order valence-corrected chi connectivity index (χ0v) is 13.2. The highest BCUT2D eigenvalue weighted by atomic mass is 19.1. The minimum atomic E-state index is -0.440. The van der Waals surface area contributed by atoms with Crippen molar-refractivity contribution < 1.29 is 13.9 Å². The highest BCUT2D eigenvalue weighted by Gasteiger charge is 2.10. The van der Waals surface area contributed by atoms with Gasteiger partial charge < -0.3 is 15.4 Å². The number of nitrogens with one attached hydrogen (secondary N) is 2. The monoisotopic (exact) mass is 317 g/mol. The van der Waals surface area contributed by atoms with Gasteiger partial charge in [0, 0.05) is 30.9 Å². The molecule has 2 N–H and O–H groups in total. The SMILES string of the molecule is CC(C)Oc1ccc(F)cc1NC(=O)NCCc1ccccn1. The van der Waals surface area contributed by atoms with Crippen LogP contribution >= 0.6 is 0 Å². The number of nitrogens with zero attached hydrogens (tertiary/aromatic N) is 1. The van der Waals surface area contributed by atoms with Crippen molar-refractivity contribution >= 4 is 11.7 Å². The number of aromatic nitrogens is 1. The molecule has 2 amide bonds. The van der Waals surface area contributed by atoms with Crippen LogP contribution in [0.5, 0.6) is 5.75 Å². The van der Waals surface area contributed by atoms with E-state index < -0.39 is 11.8 Å². The number of carbonyl (C=O) groups is 1. The van der Waals surface area contributed by atoms with Crippen LogP contribution in [-0.4, -0.2) is 23.7 Å². The van der Waals surface area contributed by atoms with E-state index in [1.54, 1.807) is 6.20 Å². The maximum Gasteiger partial charge on any atom is 0.319 e. The maximum atomic E-state index is 13.4. The van der Waals surface area contributed by atoms with Crippen LogP contribution in [0.25, 0.3) is 0 Å². The molecule has 0 aliphatic rings. The van der Waals surface area contributed by atoms with Crippen LogP contribution in [0.2, 0.25) is 0 Å². The number of amides is 2. The Morgan fingerprint density at radius 1 is 1.30 bits per heavy atom. The Morgan fingerprint density at radius 2 is 2.13 bits per heavy atom. The molecule has 0 spiro atoms. The molecule has 1 aromatic heterocycles. The first kappa shape index (κ1) is 16.7. The molecule has 0 fully saturated rings. The lowest BCUT2D eigenvalue weighted by atomic mass is 10.2. The highest BCUT2D eigenvalue weighted by molar-refractivity contribution is 5.90. The topological polar surface area (TPSA) is 63.2 Å². The van der Waals surface area contributed by atoms with E-state index in [4.69, 9.17) is 4.74 Å². The summed E-state index contributed by atoms with van der Waals surface area (Å²) in [4.78, 5) is 16.1. The Hall–Kier alpha value is -2.63. The van der Waals surface area contributed by atoms with E-state index in [9.17, 15) is 9.18 Å². The second kappa shape index (κ2) is 8.12. The fraction of sp³-hybridized carbons (Fsp3) is 0.294. The average Bonchev–Trinajstić information content (AvgIpc) is 2.51. The third-order valence-corrected chi connectivity index (χ3v) is 2.95. The van der Waals surface area contributed by atoms with Crippen molar-refractivity contribution in [1.82, 2.24) is 10.3 Å². The molecule has 0 saturated heterocycles. The number of halogens is 1. The molecule has 122 valence electrons. The standard InChI is InChI=1S/C17H20FN3O2/c1-12(2)23-16-7-6-13(18)11-15(16)21-17(22)20-10-8-14-5-3-4-9-19-14/h3-7,9,11-12H,8,10H2,1-2H3,(H2,20,21,22). The van der Waals surface area contributed by atoms with Crippen LogP contribution in [0.4, 0.5) is 14.9 Å². The lowest BCUT2D eigenvalue weighted by Gasteiger charge is -2.15. The Kier molecular flexibility index (Phi) is 5.91. The molecule has 0 aliphatic carbocycles. The number of pyridine rings is 1. The zero-order chi connectivity index (χ0) is 16.7. The summed E-state index contributed by atoms with van der Waals surface area (Å²) in [5.41, 5.74) is 1.19. The molecule has 1 heterocycles. The molecule has 0 radical (unpaired) electrons. The van der Waals surface area contributed by atoms with E-state index in [0.29, 0.717) is 24.4 Å². The molecule has 2 rings (SSSR count). The zero-order valence-electron chi connectivity index (χ0n) is 13.2. The van der Waals surface area contributed by atoms with Crippen LogP contribution in [-0.2, 0) is 6.42 Å². The average molecular weight is 317 g/mol. The van der Waals surface area contributed by atoms with Gasteiger partial charge in [-0.15, -0.1) is 0 Å². The summed E-state index contributed by atoms with van der Waals surface area (Å²) < 4.78 is 18.9. The van der Waals surface area contributed by atoms with Gasteiger partial charge in [0.25, 0.3) is 0 Å². The summed E-state index contributed by atoms with van der Waals surface area (Å²) >= 11 is 0. The van der Waals surface area contributed by atoms with Crippen molar-refractivity contribution in [2.75, 3.05) is 11.9 Å². The Morgan fingerprint density at radius 3 is 2.83 bits per heavy atom. The molecule has 0 atom stereocenters. The third kappa shape index (κ3) is 5.58. The number of ether oxygens (including phenoxy) is 1. The lowest BCUT2D eigenvalue weighted by molar-refractivity contribution is 0.241. The predicted octanol–water partition coefficient (Wildman–Crippen LogP) is 3.37. The molecular formula is C17H20FN3O2. The lowest BCUT2D eigenvalue weighted by Crippen LogP contribution is -2.30. The molecule has 0 aliphatic heterocycles. The van der Waals surface area contributed by atoms with Crippen molar-refractivity contribution in [3.63, 3.8) is 0 Å². The number of carbonyl (C=O) groups excluding carboxylic acids is 1. The van der Waals surface area contributed by atoms with Gasteiger partial charge in [-0.3, -0.25) is 4.98 Å². The minimum Gasteiger partial charge on any atom is -0.489 e. The highest BCUT2D eigenvalue weighted by Crippen LogP contribution is 2.26. The van der Waals surface area contributed by atoms with Crippen molar-refractivity contribution in [3.05, 3.63) is 54.1 Å². The van der Waals surface area contributed by atoms with E-state index >= 15 is 0 Å². The van der Waals surface area contributed by atoms with Crippen LogP contribution in [0, 0.1) is 5.82 Å². The van der Waals surface area contributed by atoms with Gasteiger partial charge in [-0.1, -0.05) is 6.07 Å². The largest absolute Gasteiger partial charge is 0.489 e. The number of anilines is 1. The molecule has 23 heavy (non-hydrogen) atoms. The van der Waals surface area contributed by atoms with Gasteiger partial charge in [0.2, 0.25) is 0 Å². The molecule has 2 aromatic rings. The smallest absolute Gasteiger partial charge is 0.319 e. The van der Waals surface area contributed by atoms with E-state index in [2.05, 4.69) is 15.6 Å². The summed E-state index contributed by atoms with van der Waals surface area (Å²) in [5.74, 6) is -0.00818. The van der Waals surface area contributed by atoms with Crippen molar-refractivity contribution in [3.8, 4) is 5.75 Å². The van der Waals surface area contributed by atoms with E-state index in [-0.39, 0.29) is 6.10 Å². The second-order valence-corrected chi connectivity index (χ2v) is 5.26. The van der Waals surface area contributed by atoms with E-state index in [1.165, 1.54) is 18.2 Å². The first-order valence-electron chi connectivity index (χ1n) is 7.45. The maximum absolute atomic E-state index is 13.4. The molecule has 5 nitrogen and oxygen atoms in total. The number of hydrogen-bond acceptors (Lipinski definition) is 3. The normalized spacial score (nSPS) is 10.4. The number of benzene rings is 1. The minimum absolute atomic E-state index is 0.0757.